The minimum atomic E-state index is -0.109. The summed E-state index contributed by atoms with van der Waals surface area (Å²) in [6.07, 6.45) is 2.77. The molecule has 0 saturated carbocycles. The number of carbonyl (C=O) groups is 1. The lowest BCUT2D eigenvalue weighted by molar-refractivity contribution is -0.149. The van der Waals surface area contributed by atoms with E-state index < -0.39 is 0 Å². The quantitative estimate of drug-likeness (QED) is 0.447. The number of carbonyl (C=O) groups excluding carboxylic acids is 1. The molecule has 0 rings (SSSR count). The van der Waals surface area contributed by atoms with E-state index in [1.807, 2.05) is 14.0 Å². The van der Waals surface area contributed by atoms with Gasteiger partial charge in [-0.05, 0) is 26.8 Å². The van der Waals surface area contributed by atoms with Crippen molar-refractivity contribution in [3.05, 3.63) is 0 Å². The molecule has 0 N–H and O–H groups in total. The molecule has 0 aliphatic heterocycles. The van der Waals surface area contributed by atoms with E-state index in [0.29, 0.717) is 6.61 Å². The van der Waals surface area contributed by atoms with E-state index in [-0.39, 0.29) is 12.0 Å². The molecule has 0 saturated heterocycles. The third-order valence-corrected chi connectivity index (χ3v) is 2.51. The average molecular weight is 231 g/mol. The van der Waals surface area contributed by atoms with E-state index >= 15 is 0 Å². The number of esters is 1. The van der Waals surface area contributed by atoms with Crippen molar-refractivity contribution in [2.45, 2.75) is 39.2 Å². The molecule has 0 heterocycles. The first-order valence-electron chi connectivity index (χ1n) is 6.03. The lowest BCUT2D eigenvalue weighted by atomic mass is 10.1. The first-order valence-corrected chi connectivity index (χ1v) is 6.03. The molecule has 0 aliphatic carbocycles. The highest BCUT2D eigenvalue weighted by Crippen LogP contribution is 2.08. The maximum atomic E-state index is 11.7. The largest absolute Gasteiger partial charge is 0.465 e. The second-order valence-corrected chi connectivity index (χ2v) is 3.88. The van der Waals surface area contributed by atoms with Crippen molar-refractivity contribution in [2.75, 3.05) is 33.9 Å². The summed E-state index contributed by atoms with van der Waals surface area (Å²) in [7, 11) is 3.65. The van der Waals surface area contributed by atoms with Crippen LogP contribution in [-0.2, 0) is 14.3 Å². The Balaban J connectivity index is 4.11. The lowest BCUT2D eigenvalue weighted by Gasteiger charge is -2.25. The molecule has 1 unspecified atom stereocenters. The molecule has 1 atom stereocenters. The lowest BCUT2D eigenvalue weighted by Crippen LogP contribution is -2.40. The molecule has 4 nitrogen and oxygen atoms in total. The Bertz CT molecular complexity index is 185. The molecule has 96 valence electrons. The van der Waals surface area contributed by atoms with Crippen molar-refractivity contribution < 1.29 is 14.3 Å². The van der Waals surface area contributed by atoms with Gasteiger partial charge in [-0.15, -0.1) is 0 Å². The third kappa shape index (κ3) is 6.08. The molecular weight excluding hydrogens is 206 g/mol. The fourth-order valence-corrected chi connectivity index (χ4v) is 1.64. The van der Waals surface area contributed by atoms with Gasteiger partial charge in [0.1, 0.15) is 6.04 Å². The Morgan fingerprint density at radius 1 is 1.38 bits per heavy atom. The molecule has 0 aromatic heterocycles. The summed E-state index contributed by atoms with van der Waals surface area (Å²) in [5.41, 5.74) is 0. The first-order chi connectivity index (χ1) is 7.67. The molecule has 0 bridgehead atoms. The van der Waals surface area contributed by atoms with E-state index in [4.69, 9.17) is 9.47 Å². The molecule has 16 heavy (non-hydrogen) atoms. The van der Waals surface area contributed by atoms with Crippen molar-refractivity contribution in [2.24, 2.45) is 0 Å². The van der Waals surface area contributed by atoms with E-state index in [1.54, 1.807) is 7.11 Å². The minimum Gasteiger partial charge on any atom is -0.465 e. The van der Waals surface area contributed by atoms with Gasteiger partial charge in [0, 0.05) is 20.3 Å². The van der Waals surface area contributed by atoms with Gasteiger partial charge in [-0.2, -0.15) is 0 Å². The maximum absolute atomic E-state index is 11.7. The molecule has 0 aliphatic rings. The summed E-state index contributed by atoms with van der Waals surface area (Å²) >= 11 is 0. The predicted molar refractivity (Wildman–Crippen MR) is 64.5 cm³/mol. The van der Waals surface area contributed by atoms with E-state index in [1.165, 1.54) is 0 Å². The van der Waals surface area contributed by atoms with Gasteiger partial charge in [0.2, 0.25) is 0 Å². The van der Waals surface area contributed by atoms with Gasteiger partial charge >= 0.3 is 5.97 Å². The zero-order chi connectivity index (χ0) is 12.4. The van der Waals surface area contributed by atoms with E-state index in [9.17, 15) is 4.79 Å². The second kappa shape index (κ2) is 9.60. The van der Waals surface area contributed by atoms with Crippen LogP contribution in [0.3, 0.4) is 0 Å². The molecular formula is C12H25NO3. The van der Waals surface area contributed by atoms with Gasteiger partial charge in [0.05, 0.1) is 6.61 Å². The Morgan fingerprint density at radius 3 is 2.56 bits per heavy atom. The molecule has 4 heteroatoms. The van der Waals surface area contributed by atoms with Crippen LogP contribution in [0.5, 0.6) is 0 Å². The Morgan fingerprint density at radius 2 is 2.06 bits per heavy atom. The molecule has 0 radical (unpaired) electrons. The van der Waals surface area contributed by atoms with Crippen LogP contribution in [0.4, 0.5) is 0 Å². The van der Waals surface area contributed by atoms with Crippen molar-refractivity contribution >= 4 is 5.97 Å². The average Bonchev–Trinajstić information content (AvgIpc) is 2.26. The molecule has 0 fully saturated rings. The smallest absolute Gasteiger partial charge is 0.323 e. The van der Waals surface area contributed by atoms with Crippen molar-refractivity contribution in [1.29, 1.82) is 0 Å². The number of hydrogen-bond acceptors (Lipinski definition) is 4. The first kappa shape index (κ1) is 15.4. The van der Waals surface area contributed by atoms with Crippen LogP contribution >= 0.6 is 0 Å². The molecule has 0 aromatic rings. The van der Waals surface area contributed by atoms with E-state index in [0.717, 1.165) is 32.4 Å². The number of nitrogens with zero attached hydrogens (tertiary/aromatic N) is 1. The van der Waals surface area contributed by atoms with Crippen LogP contribution in [-0.4, -0.2) is 50.8 Å². The molecule has 0 aromatic carbocycles. The van der Waals surface area contributed by atoms with Gasteiger partial charge in [-0.3, -0.25) is 9.69 Å². The standard InChI is InChI=1S/C12H25NO3/c1-5-8-11(12(14)16-6-2)13(3)9-7-10-15-4/h11H,5-10H2,1-4H3. The number of likely N-dealkylation sites (N-methyl/N-ethyl adjacent to an activating group) is 1. The van der Waals surface area contributed by atoms with Gasteiger partial charge in [0.15, 0.2) is 0 Å². The highest BCUT2D eigenvalue weighted by Gasteiger charge is 2.22. The molecule has 0 amide bonds. The van der Waals surface area contributed by atoms with Crippen LogP contribution < -0.4 is 0 Å². The van der Waals surface area contributed by atoms with Crippen molar-refractivity contribution in [1.82, 2.24) is 4.90 Å². The summed E-state index contributed by atoms with van der Waals surface area (Å²) < 4.78 is 10.1. The SMILES string of the molecule is CCCC(C(=O)OCC)N(C)CCCOC. The van der Waals surface area contributed by atoms with Crippen molar-refractivity contribution in [3.63, 3.8) is 0 Å². The van der Waals surface area contributed by atoms with E-state index in [2.05, 4.69) is 11.8 Å². The minimum absolute atomic E-state index is 0.107. The number of ether oxygens (including phenoxy) is 2. The number of rotatable bonds is 9. The van der Waals surface area contributed by atoms with Gasteiger partial charge in [-0.1, -0.05) is 13.3 Å². The van der Waals surface area contributed by atoms with Crippen LogP contribution in [0.15, 0.2) is 0 Å². The zero-order valence-electron chi connectivity index (χ0n) is 11.0. The highest BCUT2D eigenvalue weighted by atomic mass is 16.5. The van der Waals surface area contributed by atoms with Gasteiger partial charge in [0.25, 0.3) is 0 Å². The Labute approximate surface area is 98.9 Å². The van der Waals surface area contributed by atoms with Crippen LogP contribution in [0.25, 0.3) is 0 Å². The fourth-order valence-electron chi connectivity index (χ4n) is 1.64. The van der Waals surface area contributed by atoms with Gasteiger partial charge < -0.3 is 9.47 Å². The normalized spacial score (nSPS) is 12.8. The van der Waals surface area contributed by atoms with Crippen LogP contribution in [0.2, 0.25) is 0 Å². The third-order valence-electron chi connectivity index (χ3n) is 2.51. The summed E-state index contributed by atoms with van der Waals surface area (Å²) in [6.45, 7) is 5.95. The summed E-state index contributed by atoms with van der Waals surface area (Å²) in [6, 6.07) is -0.109. The number of hydrogen-bond donors (Lipinski definition) is 0. The second-order valence-electron chi connectivity index (χ2n) is 3.88. The predicted octanol–water partition coefficient (Wildman–Crippen LogP) is 1.69. The van der Waals surface area contributed by atoms with Crippen LogP contribution in [0.1, 0.15) is 33.1 Å². The van der Waals surface area contributed by atoms with Crippen LogP contribution in [0, 0.1) is 0 Å². The summed E-state index contributed by atoms with van der Waals surface area (Å²) in [5, 5.41) is 0. The highest BCUT2D eigenvalue weighted by molar-refractivity contribution is 5.75. The number of methoxy groups -OCH3 is 1. The Kier molecular flexibility index (Phi) is 9.24. The molecule has 0 spiro atoms. The van der Waals surface area contributed by atoms with Crippen molar-refractivity contribution in [3.8, 4) is 0 Å². The fraction of sp³-hybridized carbons (Fsp3) is 0.917. The summed E-state index contributed by atoms with van der Waals surface area (Å²) in [5.74, 6) is -0.107. The monoisotopic (exact) mass is 231 g/mol. The van der Waals surface area contributed by atoms with Gasteiger partial charge in [-0.25, -0.2) is 0 Å². The maximum Gasteiger partial charge on any atom is 0.323 e. The summed E-state index contributed by atoms with van der Waals surface area (Å²) in [4.78, 5) is 13.8. The topological polar surface area (TPSA) is 38.8 Å². The zero-order valence-corrected chi connectivity index (χ0v) is 11.0. The Hall–Kier alpha value is -0.610.